The topological polar surface area (TPSA) is 67.8 Å². The van der Waals surface area contributed by atoms with E-state index in [2.05, 4.69) is 25.9 Å². The van der Waals surface area contributed by atoms with Gasteiger partial charge in [0.25, 0.3) is 5.91 Å². The third-order valence-corrected chi connectivity index (χ3v) is 9.50. The van der Waals surface area contributed by atoms with Crippen LogP contribution in [0.2, 0.25) is 0 Å². The Bertz CT molecular complexity index is 1100. The Balaban J connectivity index is 1.36. The maximum Gasteiger partial charge on any atom is 0.257 e. The summed E-state index contributed by atoms with van der Waals surface area (Å²) in [6.45, 7) is 3.42. The molecule has 2 saturated heterocycles. The summed E-state index contributed by atoms with van der Waals surface area (Å²) in [6, 6.07) is 11.9. The molecule has 2 heterocycles. The average Bonchev–Trinajstić information content (AvgIpc) is 3.68. The monoisotopic (exact) mass is 544 g/mol. The molecule has 37 heavy (non-hydrogen) atoms. The molecule has 3 aliphatic rings. The number of carbonyl (C=O) groups is 1. The molecule has 2 aliphatic heterocycles. The maximum absolute atomic E-state index is 13.7. The van der Waals surface area contributed by atoms with E-state index in [0.717, 1.165) is 40.7 Å². The van der Waals surface area contributed by atoms with Crippen molar-refractivity contribution in [1.29, 1.82) is 0 Å². The van der Waals surface area contributed by atoms with Gasteiger partial charge in [-0.1, -0.05) is 11.9 Å². The second kappa shape index (κ2) is 11.7. The van der Waals surface area contributed by atoms with Crippen LogP contribution in [0, 0.1) is 5.41 Å². The minimum atomic E-state index is -0.723. The number of halogens is 1. The van der Waals surface area contributed by atoms with Crippen molar-refractivity contribution in [3.8, 4) is 0 Å². The molecule has 0 radical (unpaired) electrons. The van der Waals surface area contributed by atoms with Gasteiger partial charge in [-0.05, 0) is 86.6 Å². The first-order valence-corrected chi connectivity index (χ1v) is 15.5. The van der Waals surface area contributed by atoms with Crippen molar-refractivity contribution in [1.82, 2.24) is 0 Å². The minimum absolute atomic E-state index is 0.113. The number of hydrogen-bond donors (Lipinski definition) is 3. The van der Waals surface area contributed by atoms with Gasteiger partial charge in [0.05, 0.1) is 23.5 Å². The van der Waals surface area contributed by atoms with E-state index in [0.29, 0.717) is 42.7 Å². The molecule has 0 unspecified atom stereocenters. The number of benzene rings is 2. The van der Waals surface area contributed by atoms with Crippen molar-refractivity contribution in [3.63, 3.8) is 0 Å². The molecule has 6 nitrogen and oxygen atoms in total. The maximum atomic E-state index is 13.7. The van der Waals surface area contributed by atoms with Gasteiger partial charge < -0.3 is 24.9 Å². The van der Waals surface area contributed by atoms with Gasteiger partial charge in [-0.2, -0.15) is 0 Å². The van der Waals surface area contributed by atoms with Crippen molar-refractivity contribution in [2.75, 3.05) is 64.6 Å². The molecule has 2 aromatic rings. The Morgan fingerprint density at radius 2 is 1.68 bits per heavy atom. The van der Waals surface area contributed by atoms with E-state index in [1.165, 1.54) is 37.6 Å². The second-order valence-electron chi connectivity index (χ2n) is 10.4. The van der Waals surface area contributed by atoms with Crippen LogP contribution < -0.4 is 19.8 Å². The molecule has 1 aliphatic carbocycles. The van der Waals surface area contributed by atoms with Crippen LogP contribution in [0.15, 0.2) is 41.3 Å². The van der Waals surface area contributed by atoms with Gasteiger partial charge in [-0.25, -0.2) is 4.39 Å². The standard InChI is InChI=1S/C28H37FN4O2S2/c1-36-26-5-3-21(18-25(26)32-12-6-20(29)7-13-32)30-27(35)23-4-2-22(31-37-17-16-34)19-24(23)33-14-10-28(8-9-28)11-15-33/h2-5,18-20,31,34H,6-17H2,1H3,(H,30,35). The molecule has 1 saturated carbocycles. The Kier molecular flexibility index (Phi) is 8.41. The van der Waals surface area contributed by atoms with Crippen molar-refractivity contribution in [3.05, 3.63) is 42.0 Å². The summed E-state index contributed by atoms with van der Waals surface area (Å²) in [7, 11) is 0. The van der Waals surface area contributed by atoms with Crippen molar-refractivity contribution in [2.24, 2.45) is 5.41 Å². The van der Waals surface area contributed by atoms with E-state index in [9.17, 15) is 9.18 Å². The van der Waals surface area contributed by atoms with Gasteiger partial charge in [-0.3, -0.25) is 4.79 Å². The summed E-state index contributed by atoms with van der Waals surface area (Å²) in [4.78, 5) is 19.3. The van der Waals surface area contributed by atoms with E-state index in [1.54, 1.807) is 11.8 Å². The molecule has 5 rings (SSSR count). The zero-order valence-corrected chi connectivity index (χ0v) is 23.1. The van der Waals surface area contributed by atoms with Crippen LogP contribution in [0.1, 0.15) is 48.9 Å². The normalized spacial score (nSPS) is 19.2. The molecule has 9 heteroatoms. The number of alkyl halides is 1. The molecule has 0 atom stereocenters. The summed E-state index contributed by atoms with van der Waals surface area (Å²) in [5.74, 6) is 0.475. The minimum Gasteiger partial charge on any atom is -0.395 e. The number of anilines is 4. The number of hydrogen-bond acceptors (Lipinski definition) is 7. The fraction of sp³-hybridized carbons (Fsp3) is 0.536. The molecule has 2 aromatic carbocycles. The van der Waals surface area contributed by atoms with Crippen LogP contribution in [-0.2, 0) is 0 Å². The van der Waals surface area contributed by atoms with Gasteiger partial charge in [0, 0.05) is 48.2 Å². The summed E-state index contributed by atoms with van der Waals surface area (Å²) in [5.41, 5.74) is 4.91. The van der Waals surface area contributed by atoms with Gasteiger partial charge >= 0.3 is 0 Å². The van der Waals surface area contributed by atoms with Crippen LogP contribution in [0.25, 0.3) is 0 Å². The molecule has 200 valence electrons. The highest BCUT2D eigenvalue weighted by molar-refractivity contribution is 8.00. The first-order chi connectivity index (χ1) is 18.0. The molecule has 0 aromatic heterocycles. The largest absolute Gasteiger partial charge is 0.395 e. The fourth-order valence-corrected chi connectivity index (χ4v) is 6.52. The number of nitrogens with one attached hydrogen (secondary N) is 2. The van der Waals surface area contributed by atoms with Crippen molar-refractivity contribution >= 4 is 52.4 Å². The average molecular weight is 545 g/mol. The van der Waals surface area contributed by atoms with E-state index >= 15 is 0 Å². The number of rotatable bonds is 9. The van der Waals surface area contributed by atoms with Crippen molar-refractivity contribution < 1.29 is 14.3 Å². The Hall–Kier alpha value is -2.10. The van der Waals surface area contributed by atoms with E-state index < -0.39 is 6.17 Å². The number of aliphatic hydroxyl groups excluding tert-OH is 1. The quantitative estimate of drug-likeness (QED) is 0.202. The highest BCUT2D eigenvalue weighted by atomic mass is 32.2. The lowest BCUT2D eigenvalue weighted by Gasteiger charge is -2.35. The highest BCUT2D eigenvalue weighted by Crippen LogP contribution is 2.54. The lowest BCUT2D eigenvalue weighted by molar-refractivity contribution is 0.102. The van der Waals surface area contributed by atoms with Crippen molar-refractivity contribution in [2.45, 2.75) is 49.6 Å². The summed E-state index contributed by atoms with van der Waals surface area (Å²) in [6.07, 6.45) is 7.45. The van der Waals surface area contributed by atoms with Crippen LogP contribution in [0.4, 0.5) is 27.1 Å². The smallest absolute Gasteiger partial charge is 0.257 e. The van der Waals surface area contributed by atoms with Crippen LogP contribution >= 0.6 is 23.7 Å². The summed E-state index contributed by atoms with van der Waals surface area (Å²) in [5, 5.41) is 12.3. The predicted octanol–water partition coefficient (Wildman–Crippen LogP) is 6.03. The first-order valence-electron chi connectivity index (χ1n) is 13.3. The first kappa shape index (κ1) is 26.5. The van der Waals surface area contributed by atoms with E-state index in [4.69, 9.17) is 5.11 Å². The molecule has 1 amide bonds. The van der Waals surface area contributed by atoms with Gasteiger partial charge in [0.1, 0.15) is 6.17 Å². The zero-order chi connectivity index (χ0) is 25.8. The number of carbonyl (C=O) groups excluding carboxylic acids is 1. The molecule has 3 N–H and O–H groups in total. The number of aliphatic hydroxyl groups is 1. The SMILES string of the molecule is CSc1ccc(NC(=O)c2ccc(NSCCO)cc2N2CCC3(CC2)CC3)cc1N1CCC(F)CC1. The molecular formula is C28H37FN4O2S2. The summed E-state index contributed by atoms with van der Waals surface area (Å²) < 4.78 is 17.0. The number of amides is 1. The van der Waals surface area contributed by atoms with E-state index in [1.807, 2.05) is 36.6 Å². The molecule has 0 bridgehead atoms. The van der Waals surface area contributed by atoms with E-state index in [-0.39, 0.29) is 12.5 Å². The lowest BCUT2D eigenvalue weighted by Crippen LogP contribution is -2.35. The Labute approximate surface area is 227 Å². The van der Waals surface area contributed by atoms with Crippen LogP contribution in [-0.4, -0.2) is 62.0 Å². The Morgan fingerprint density at radius 3 is 2.35 bits per heavy atom. The number of piperidine rings is 2. The highest BCUT2D eigenvalue weighted by Gasteiger charge is 2.44. The number of nitrogens with zero attached hydrogens (tertiary/aromatic N) is 2. The zero-order valence-electron chi connectivity index (χ0n) is 21.5. The van der Waals surface area contributed by atoms with Gasteiger partial charge in [0.2, 0.25) is 0 Å². The molecular weight excluding hydrogens is 507 g/mol. The Morgan fingerprint density at radius 1 is 1.00 bits per heavy atom. The van der Waals surface area contributed by atoms with Gasteiger partial charge in [0.15, 0.2) is 0 Å². The molecule has 1 spiro atoms. The van der Waals surface area contributed by atoms with Gasteiger partial charge in [-0.15, -0.1) is 11.8 Å². The fourth-order valence-electron chi connectivity index (χ4n) is 5.43. The third kappa shape index (κ3) is 6.32. The lowest BCUT2D eigenvalue weighted by atomic mass is 9.93. The molecule has 3 fully saturated rings. The van der Waals surface area contributed by atoms with Crippen LogP contribution in [0.3, 0.4) is 0 Å². The summed E-state index contributed by atoms with van der Waals surface area (Å²) >= 11 is 3.13. The van der Waals surface area contributed by atoms with Crippen LogP contribution in [0.5, 0.6) is 0 Å². The number of thioether (sulfide) groups is 1. The third-order valence-electron chi connectivity index (χ3n) is 7.95. The second-order valence-corrected chi connectivity index (χ2v) is 12.1. The predicted molar refractivity (Wildman–Crippen MR) is 155 cm³/mol.